The number of nitrogens with one attached hydrogen (secondary N) is 2. The Morgan fingerprint density at radius 2 is 1.68 bits per heavy atom. The summed E-state index contributed by atoms with van der Waals surface area (Å²) >= 11 is 0. The van der Waals surface area contributed by atoms with Crippen LogP contribution in [0, 0.1) is 6.92 Å². The molecular weight excluding hydrogens is 443 g/mol. The first kappa shape index (κ1) is 24.3. The molecule has 182 valence electrons. The van der Waals surface area contributed by atoms with E-state index in [-0.39, 0.29) is 24.1 Å². The van der Waals surface area contributed by atoms with Crippen molar-refractivity contribution in [1.82, 2.24) is 15.5 Å². The van der Waals surface area contributed by atoms with Crippen molar-refractivity contribution in [2.75, 3.05) is 19.6 Å². The first-order valence-corrected chi connectivity index (χ1v) is 11.7. The number of nitrogens with zero attached hydrogens (tertiary/aromatic N) is 1. The molecule has 34 heavy (non-hydrogen) atoms. The molecule has 2 N–H and O–H groups in total. The highest BCUT2D eigenvalue weighted by Gasteiger charge is 2.35. The van der Waals surface area contributed by atoms with Crippen molar-refractivity contribution >= 4 is 11.8 Å². The molecule has 2 amide bonds. The number of rotatable bonds is 6. The lowest BCUT2D eigenvalue weighted by Gasteiger charge is -2.46. The van der Waals surface area contributed by atoms with Gasteiger partial charge in [0.1, 0.15) is 0 Å². The molecule has 2 fully saturated rings. The highest BCUT2D eigenvalue weighted by atomic mass is 19.4. The highest BCUT2D eigenvalue weighted by molar-refractivity contribution is 5.97. The Morgan fingerprint density at radius 3 is 2.32 bits per heavy atom. The van der Waals surface area contributed by atoms with Crippen molar-refractivity contribution in [1.29, 1.82) is 0 Å². The van der Waals surface area contributed by atoms with Gasteiger partial charge in [-0.1, -0.05) is 36.4 Å². The van der Waals surface area contributed by atoms with E-state index in [4.69, 9.17) is 0 Å². The Labute approximate surface area is 197 Å². The number of hydrogen-bond donors (Lipinski definition) is 2. The molecule has 0 unspecified atom stereocenters. The third kappa shape index (κ3) is 5.78. The minimum Gasteiger partial charge on any atom is -0.349 e. The minimum absolute atomic E-state index is 0.0338. The molecule has 0 radical (unpaired) electrons. The Bertz CT molecular complexity index is 1010. The third-order valence-electron chi connectivity index (χ3n) is 6.98. The topological polar surface area (TPSA) is 61.4 Å². The third-order valence-corrected chi connectivity index (χ3v) is 6.98. The van der Waals surface area contributed by atoms with Crippen molar-refractivity contribution < 1.29 is 22.8 Å². The number of carbonyl (C=O) groups excluding carboxylic acids is 2. The van der Waals surface area contributed by atoms with Crippen LogP contribution in [0.4, 0.5) is 13.2 Å². The smallest absolute Gasteiger partial charge is 0.349 e. The maximum absolute atomic E-state index is 12.9. The predicted molar refractivity (Wildman–Crippen MR) is 123 cm³/mol. The van der Waals surface area contributed by atoms with Crippen molar-refractivity contribution in [2.24, 2.45) is 0 Å². The molecule has 2 aliphatic rings. The van der Waals surface area contributed by atoms with Gasteiger partial charge < -0.3 is 10.6 Å². The van der Waals surface area contributed by atoms with Crippen LogP contribution < -0.4 is 10.6 Å². The van der Waals surface area contributed by atoms with Crippen molar-refractivity contribution in [3.05, 3.63) is 70.8 Å². The Morgan fingerprint density at radius 1 is 1.00 bits per heavy atom. The van der Waals surface area contributed by atoms with Gasteiger partial charge in [0.15, 0.2) is 0 Å². The van der Waals surface area contributed by atoms with E-state index in [1.807, 2.05) is 6.07 Å². The van der Waals surface area contributed by atoms with Crippen LogP contribution in [0.5, 0.6) is 0 Å². The normalized spacial score (nSPS) is 21.5. The number of halogens is 3. The molecule has 1 saturated carbocycles. The van der Waals surface area contributed by atoms with E-state index in [9.17, 15) is 22.8 Å². The van der Waals surface area contributed by atoms with Crippen molar-refractivity contribution in [2.45, 2.75) is 56.8 Å². The van der Waals surface area contributed by atoms with Crippen molar-refractivity contribution in [3.63, 3.8) is 0 Å². The predicted octanol–water partition coefficient (Wildman–Crippen LogP) is 4.27. The lowest BCUT2D eigenvalue weighted by molar-refractivity contribution is -0.137. The lowest BCUT2D eigenvalue weighted by atomic mass is 9.80. The van der Waals surface area contributed by atoms with E-state index in [0.717, 1.165) is 38.1 Å². The monoisotopic (exact) mass is 473 g/mol. The fourth-order valence-corrected chi connectivity index (χ4v) is 4.98. The van der Waals surface area contributed by atoms with Gasteiger partial charge in [0, 0.05) is 24.7 Å². The number of aryl methyl sites for hydroxylation is 1. The van der Waals surface area contributed by atoms with E-state index < -0.39 is 17.6 Å². The molecule has 1 aliphatic heterocycles. The summed E-state index contributed by atoms with van der Waals surface area (Å²) < 4.78 is 38.8. The number of benzene rings is 2. The summed E-state index contributed by atoms with van der Waals surface area (Å²) in [5, 5.41) is 5.34. The minimum atomic E-state index is -4.53. The van der Waals surface area contributed by atoms with Gasteiger partial charge in [-0.15, -0.1) is 0 Å². The molecule has 5 nitrogen and oxygen atoms in total. The Hall–Kier alpha value is -2.87. The maximum Gasteiger partial charge on any atom is 0.416 e. The average Bonchev–Trinajstić information content (AvgIpc) is 2.80. The second-order valence-electron chi connectivity index (χ2n) is 9.34. The number of hydrogen-bond acceptors (Lipinski definition) is 3. The van der Waals surface area contributed by atoms with Gasteiger partial charge in [-0.25, -0.2) is 0 Å². The molecular formula is C26H30F3N3O2. The molecule has 0 aromatic heterocycles. The summed E-state index contributed by atoms with van der Waals surface area (Å²) in [7, 11) is 0. The van der Waals surface area contributed by atoms with Crippen LogP contribution in [0.15, 0.2) is 48.5 Å². The van der Waals surface area contributed by atoms with Gasteiger partial charge in [0.25, 0.3) is 5.91 Å². The fourth-order valence-electron chi connectivity index (χ4n) is 4.98. The molecule has 4 rings (SSSR count). The molecule has 0 bridgehead atoms. The average molecular weight is 474 g/mol. The van der Waals surface area contributed by atoms with E-state index in [2.05, 4.69) is 39.8 Å². The maximum atomic E-state index is 12.9. The summed E-state index contributed by atoms with van der Waals surface area (Å²) in [6.07, 6.45) is 0.0998. The summed E-state index contributed by atoms with van der Waals surface area (Å²) in [5.41, 5.74) is 0.864. The van der Waals surface area contributed by atoms with Crippen LogP contribution >= 0.6 is 0 Å². The van der Waals surface area contributed by atoms with E-state index in [1.165, 1.54) is 24.5 Å². The van der Waals surface area contributed by atoms with Crippen LogP contribution in [0.1, 0.15) is 58.6 Å². The largest absolute Gasteiger partial charge is 0.416 e. The molecule has 1 saturated heterocycles. The number of alkyl halides is 3. The zero-order chi connectivity index (χ0) is 24.3. The molecule has 1 aliphatic carbocycles. The molecule has 8 heteroatoms. The van der Waals surface area contributed by atoms with Gasteiger partial charge in [-0.2, -0.15) is 13.2 Å². The molecule has 2 aromatic rings. The number of amides is 2. The zero-order valence-corrected chi connectivity index (χ0v) is 19.2. The van der Waals surface area contributed by atoms with Crippen molar-refractivity contribution in [3.8, 4) is 0 Å². The summed E-state index contributed by atoms with van der Waals surface area (Å²) in [6.45, 7) is 2.86. The van der Waals surface area contributed by atoms with E-state index in [1.54, 1.807) is 6.92 Å². The van der Waals surface area contributed by atoms with Gasteiger partial charge in [0.2, 0.25) is 5.91 Å². The summed E-state index contributed by atoms with van der Waals surface area (Å²) in [5.74, 6) is -0.405. The molecule has 2 aromatic carbocycles. The second-order valence-corrected chi connectivity index (χ2v) is 9.34. The van der Waals surface area contributed by atoms with Crippen LogP contribution in [-0.4, -0.2) is 48.4 Å². The van der Waals surface area contributed by atoms with Crippen LogP contribution in [0.3, 0.4) is 0 Å². The lowest BCUT2D eigenvalue weighted by Crippen LogP contribution is -2.63. The Balaban J connectivity index is 1.18. The standard InChI is InChI=1S/C26H30F3N3O2/c1-17-7-10-20(26(27,28)29)13-23(17)25(34)30-14-24(33)31-21-15-32(16-21)22-11-8-19(9-12-22)18-5-3-2-4-6-18/h2-7,10,13,19,21-22H,8-9,11-12,14-16H2,1H3,(H,30,34)(H,31,33). The second kappa shape index (κ2) is 10.2. The quantitative estimate of drug-likeness (QED) is 0.659. The van der Waals surface area contributed by atoms with Gasteiger partial charge in [0.05, 0.1) is 18.2 Å². The summed E-state index contributed by atoms with van der Waals surface area (Å²) in [6, 6.07) is 14.2. The molecule has 0 spiro atoms. The highest BCUT2D eigenvalue weighted by Crippen LogP contribution is 2.36. The fraction of sp³-hybridized carbons (Fsp3) is 0.462. The Kier molecular flexibility index (Phi) is 7.26. The number of likely N-dealkylation sites (tertiary alicyclic amines) is 1. The number of carbonyl (C=O) groups is 2. The van der Waals surface area contributed by atoms with E-state index >= 15 is 0 Å². The molecule has 0 atom stereocenters. The first-order valence-electron chi connectivity index (χ1n) is 11.7. The zero-order valence-electron chi connectivity index (χ0n) is 19.2. The van der Waals surface area contributed by atoms with E-state index in [0.29, 0.717) is 17.5 Å². The van der Waals surface area contributed by atoms with Gasteiger partial charge >= 0.3 is 6.18 Å². The van der Waals surface area contributed by atoms with Crippen LogP contribution in [0.25, 0.3) is 0 Å². The van der Waals surface area contributed by atoms with Crippen LogP contribution in [-0.2, 0) is 11.0 Å². The summed E-state index contributed by atoms with van der Waals surface area (Å²) in [4.78, 5) is 27.0. The first-order chi connectivity index (χ1) is 16.2. The van der Waals surface area contributed by atoms with Crippen LogP contribution in [0.2, 0.25) is 0 Å². The van der Waals surface area contributed by atoms with Gasteiger partial charge in [-0.05, 0) is 61.8 Å². The van der Waals surface area contributed by atoms with Gasteiger partial charge in [-0.3, -0.25) is 14.5 Å². The molecule has 1 heterocycles. The SMILES string of the molecule is Cc1ccc(C(F)(F)F)cc1C(=O)NCC(=O)NC1CN(C2CCC(c3ccccc3)CC2)C1.